The van der Waals surface area contributed by atoms with E-state index in [0.717, 1.165) is 37.1 Å². The van der Waals surface area contributed by atoms with Gasteiger partial charge in [-0.15, -0.1) is 0 Å². The molecule has 0 saturated carbocycles. The normalized spacial score (nSPS) is 15.2. The van der Waals surface area contributed by atoms with Gasteiger partial charge in [0.2, 0.25) is 5.91 Å². The molecule has 0 aliphatic carbocycles. The molecular weight excluding hydrogens is 312 g/mol. The fourth-order valence-corrected chi connectivity index (χ4v) is 3.25. The number of benzene rings is 2. The van der Waals surface area contributed by atoms with Crippen molar-refractivity contribution in [2.75, 3.05) is 11.4 Å². The number of nitrogens with zero attached hydrogens (tertiary/aromatic N) is 1. The summed E-state index contributed by atoms with van der Waals surface area (Å²) in [6.07, 6.45) is 3.40. The molecule has 1 atom stereocenters. The van der Waals surface area contributed by atoms with Crippen molar-refractivity contribution < 1.29 is 9.59 Å². The minimum absolute atomic E-state index is 0.0125. The van der Waals surface area contributed by atoms with Gasteiger partial charge >= 0.3 is 0 Å². The number of carbonyl (C=O) groups is 2. The van der Waals surface area contributed by atoms with Gasteiger partial charge in [0.05, 0.1) is 6.04 Å². The highest BCUT2D eigenvalue weighted by molar-refractivity contribution is 5.97. The molecule has 2 aromatic rings. The Labute approximate surface area is 148 Å². The lowest BCUT2D eigenvalue weighted by Gasteiger charge is -2.19. The summed E-state index contributed by atoms with van der Waals surface area (Å²) in [6, 6.07) is 17.4. The van der Waals surface area contributed by atoms with Crippen LogP contribution in [0.2, 0.25) is 0 Å². The summed E-state index contributed by atoms with van der Waals surface area (Å²) >= 11 is 0. The van der Waals surface area contributed by atoms with E-state index in [1.807, 2.05) is 42.5 Å². The maximum atomic E-state index is 12.6. The van der Waals surface area contributed by atoms with Crippen LogP contribution in [-0.2, 0) is 4.79 Å². The predicted octanol–water partition coefficient (Wildman–Crippen LogP) is 4.08. The maximum absolute atomic E-state index is 12.6. The quantitative estimate of drug-likeness (QED) is 0.864. The second-order valence-corrected chi connectivity index (χ2v) is 6.42. The average Bonchev–Trinajstić information content (AvgIpc) is 3.08. The van der Waals surface area contributed by atoms with Crippen LogP contribution in [0.15, 0.2) is 54.6 Å². The Kier molecular flexibility index (Phi) is 5.49. The highest BCUT2D eigenvalue weighted by Gasteiger charge is 2.22. The highest BCUT2D eigenvalue weighted by atomic mass is 16.2. The number of rotatable bonds is 6. The Hall–Kier alpha value is -2.62. The zero-order valence-electron chi connectivity index (χ0n) is 14.6. The molecule has 1 saturated heterocycles. The molecule has 2 aromatic carbocycles. The van der Waals surface area contributed by atoms with Gasteiger partial charge in [0.15, 0.2) is 0 Å². The Morgan fingerprint density at radius 1 is 1.12 bits per heavy atom. The van der Waals surface area contributed by atoms with Crippen molar-refractivity contribution >= 4 is 17.5 Å². The molecule has 4 nitrogen and oxygen atoms in total. The standard InChI is InChI=1S/C21H24N2O2/c1-2-7-19(16-8-4-3-5-9-16)22-21(25)17-11-13-18(14-12-17)23-15-6-10-20(23)24/h3-5,8-9,11-14,19H,2,6-7,10,15H2,1H3,(H,22,25)/t19-/m1/s1. The average molecular weight is 336 g/mol. The molecule has 0 aromatic heterocycles. The molecule has 3 rings (SSSR count). The summed E-state index contributed by atoms with van der Waals surface area (Å²) in [5.41, 5.74) is 2.61. The molecule has 25 heavy (non-hydrogen) atoms. The van der Waals surface area contributed by atoms with Crippen molar-refractivity contribution in [2.24, 2.45) is 0 Å². The number of hydrogen-bond acceptors (Lipinski definition) is 2. The molecular formula is C21H24N2O2. The third-order valence-electron chi connectivity index (χ3n) is 4.60. The lowest BCUT2D eigenvalue weighted by atomic mass is 10.0. The van der Waals surface area contributed by atoms with E-state index < -0.39 is 0 Å². The highest BCUT2D eigenvalue weighted by Crippen LogP contribution is 2.23. The van der Waals surface area contributed by atoms with Crippen molar-refractivity contribution in [3.8, 4) is 0 Å². The molecule has 0 radical (unpaired) electrons. The van der Waals surface area contributed by atoms with Gasteiger partial charge in [0.1, 0.15) is 0 Å². The SMILES string of the molecule is CCC[C@@H](NC(=O)c1ccc(N2CCCC2=O)cc1)c1ccccc1. The van der Waals surface area contributed by atoms with E-state index in [0.29, 0.717) is 12.0 Å². The Morgan fingerprint density at radius 2 is 1.84 bits per heavy atom. The van der Waals surface area contributed by atoms with E-state index >= 15 is 0 Å². The lowest BCUT2D eigenvalue weighted by Crippen LogP contribution is -2.28. The molecule has 0 unspecified atom stereocenters. The van der Waals surface area contributed by atoms with Gasteiger partial charge in [0, 0.05) is 24.2 Å². The van der Waals surface area contributed by atoms with Crippen LogP contribution in [0, 0.1) is 0 Å². The van der Waals surface area contributed by atoms with Crippen molar-refractivity contribution in [3.05, 3.63) is 65.7 Å². The van der Waals surface area contributed by atoms with E-state index in [4.69, 9.17) is 0 Å². The number of carbonyl (C=O) groups excluding carboxylic acids is 2. The molecule has 4 heteroatoms. The third kappa shape index (κ3) is 4.08. The summed E-state index contributed by atoms with van der Waals surface area (Å²) in [7, 11) is 0. The summed E-state index contributed by atoms with van der Waals surface area (Å²) in [4.78, 5) is 26.2. The van der Waals surface area contributed by atoms with Crippen LogP contribution in [0.4, 0.5) is 5.69 Å². The van der Waals surface area contributed by atoms with Crippen LogP contribution in [0.25, 0.3) is 0 Å². The summed E-state index contributed by atoms with van der Waals surface area (Å²) in [5.74, 6) is 0.0749. The van der Waals surface area contributed by atoms with Crippen LogP contribution in [0.3, 0.4) is 0 Å². The van der Waals surface area contributed by atoms with Gasteiger partial charge in [-0.2, -0.15) is 0 Å². The smallest absolute Gasteiger partial charge is 0.251 e. The second kappa shape index (κ2) is 7.97. The van der Waals surface area contributed by atoms with Crippen LogP contribution < -0.4 is 10.2 Å². The number of hydrogen-bond donors (Lipinski definition) is 1. The molecule has 130 valence electrons. The maximum Gasteiger partial charge on any atom is 0.251 e. The Morgan fingerprint density at radius 3 is 2.44 bits per heavy atom. The molecule has 1 aliphatic rings. The monoisotopic (exact) mass is 336 g/mol. The van der Waals surface area contributed by atoms with Crippen LogP contribution in [0.5, 0.6) is 0 Å². The van der Waals surface area contributed by atoms with E-state index in [-0.39, 0.29) is 17.9 Å². The van der Waals surface area contributed by atoms with Gasteiger partial charge in [0.25, 0.3) is 5.91 Å². The zero-order chi connectivity index (χ0) is 17.6. The van der Waals surface area contributed by atoms with Crippen LogP contribution >= 0.6 is 0 Å². The molecule has 1 fully saturated rings. The first-order valence-corrected chi connectivity index (χ1v) is 8.95. The molecule has 1 heterocycles. The Bertz CT molecular complexity index is 725. The number of nitrogens with one attached hydrogen (secondary N) is 1. The van der Waals surface area contributed by atoms with Gasteiger partial charge in [-0.1, -0.05) is 43.7 Å². The van der Waals surface area contributed by atoms with Crippen molar-refractivity contribution in [1.29, 1.82) is 0 Å². The van der Waals surface area contributed by atoms with Crippen molar-refractivity contribution in [2.45, 2.75) is 38.6 Å². The molecule has 1 aliphatic heterocycles. The first-order valence-electron chi connectivity index (χ1n) is 8.95. The van der Waals surface area contributed by atoms with Crippen LogP contribution in [-0.4, -0.2) is 18.4 Å². The molecule has 2 amide bonds. The van der Waals surface area contributed by atoms with Crippen molar-refractivity contribution in [1.82, 2.24) is 5.32 Å². The van der Waals surface area contributed by atoms with E-state index in [9.17, 15) is 9.59 Å². The summed E-state index contributed by atoms with van der Waals surface area (Å²) in [6.45, 7) is 2.88. The van der Waals surface area contributed by atoms with Crippen molar-refractivity contribution in [3.63, 3.8) is 0 Å². The minimum atomic E-state index is -0.0819. The lowest BCUT2D eigenvalue weighted by molar-refractivity contribution is -0.117. The fourth-order valence-electron chi connectivity index (χ4n) is 3.25. The van der Waals surface area contributed by atoms with E-state index in [1.165, 1.54) is 0 Å². The minimum Gasteiger partial charge on any atom is -0.345 e. The first-order chi connectivity index (χ1) is 12.2. The second-order valence-electron chi connectivity index (χ2n) is 6.42. The number of anilines is 1. The van der Waals surface area contributed by atoms with Gasteiger partial charge in [-0.3, -0.25) is 9.59 Å². The van der Waals surface area contributed by atoms with E-state index in [1.54, 1.807) is 17.0 Å². The number of amides is 2. The largest absolute Gasteiger partial charge is 0.345 e. The predicted molar refractivity (Wildman–Crippen MR) is 99.6 cm³/mol. The summed E-state index contributed by atoms with van der Waals surface area (Å²) < 4.78 is 0. The fraction of sp³-hybridized carbons (Fsp3) is 0.333. The van der Waals surface area contributed by atoms with E-state index in [2.05, 4.69) is 12.2 Å². The molecule has 0 bridgehead atoms. The third-order valence-corrected chi connectivity index (χ3v) is 4.60. The Balaban J connectivity index is 1.70. The molecule has 1 N–H and O–H groups in total. The summed E-state index contributed by atoms with van der Waals surface area (Å²) in [5, 5.41) is 3.13. The van der Waals surface area contributed by atoms with Gasteiger partial charge in [-0.25, -0.2) is 0 Å². The zero-order valence-corrected chi connectivity index (χ0v) is 14.6. The van der Waals surface area contributed by atoms with Crippen LogP contribution in [0.1, 0.15) is 54.6 Å². The topological polar surface area (TPSA) is 49.4 Å². The first kappa shape index (κ1) is 17.2. The van der Waals surface area contributed by atoms with Gasteiger partial charge < -0.3 is 10.2 Å². The van der Waals surface area contributed by atoms with Gasteiger partial charge in [-0.05, 0) is 42.7 Å². The molecule has 0 spiro atoms.